The first-order chi connectivity index (χ1) is 13.4. The molecule has 11 heteroatoms. The second kappa shape index (κ2) is 8.50. The summed E-state index contributed by atoms with van der Waals surface area (Å²) >= 11 is 1.26. The lowest BCUT2D eigenvalue weighted by Crippen LogP contribution is -2.15. The van der Waals surface area contributed by atoms with Crippen LogP contribution in [0.25, 0.3) is 11.4 Å². The van der Waals surface area contributed by atoms with Gasteiger partial charge in [0.15, 0.2) is 11.0 Å². The molecule has 0 bridgehead atoms. The Morgan fingerprint density at radius 3 is 2.57 bits per heavy atom. The summed E-state index contributed by atoms with van der Waals surface area (Å²) in [4.78, 5) is 16.3. The first-order valence-corrected chi connectivity index (χ1v) is 10.8. The number of benzene rings is 1. The Morgan fingerprint density at radius 2 is 1.96 bits per heavy atom. The van der Waals surface area contributed by atoms with Gasteiger partial charge < -0.3 is 9.88 Å². The standard InChI is InChI=1S/C17H18N6O3S2/c1-2-23-16(12-4-3-9-19-10-12)21-22-17(23)27-11-15(24)20-13-5-7-14(8-6-13)28(18,25)26/h3-10H,2,11H2,1H3,(H,20,24)(H2,18,25,26). The topological polar surface area (TPSA) is 133 Å². The maximum absolute atomic E-state index is 12.2. The van der Waals surface area contributed by atoms with Crippen molar-refractivity contribution in [1.29, 1.82) is 0 Å². The zero-order valence-electron chi connectivity index (χ0n) is 14.9. The van der Waals surface area contributed by atoms with Crippen LogP contribution in [0.4, 0.5) is 5.69 Å². The van der Waals surface area contributed by atoms with Gasteiger partial charge in [0.1, 0.15) is 0 Å². The van der Waals surface area contributed by atoms with Crippen molar-refractivity contribution < 1.29 is 13.2 Å². The highest BCUT2D eigenvalue weighted by Gasteiger charge is 2.15. The number of thioether (sulfide) groups is 1. The predicted molar refractivity (Wildman–Crippen MR) is 106 cm³/mol. The fourth-order valence-corrected chi connectivity index (χ4v) is 3.76. The van der Waals surface area contributed by atoms with E-state index in [1.54, 1.807) is 12.4 Å². The number of carbonyl (C=O) groups is 1. The number of hydrogen-bond acceptors (Lipinski definition) is 7. The Hall–Kier alpha value is -2.76. The Bertz CT molecular complexity index is 1070. The van der Waals surface area contributed by atoms with Gasteiger partial charge in [-0.3, -0.25) is 9.78 Å². The van der Waals surface area contributed by atoms with Crippen molar-refractivity contribution >= 4 is 33.4 Å². The minimum atomic E-state index is -3.76. The van der Waals surface area contributed by atoms with Gasteiger partial charge in [-0.2, -0.15) is 0 Å². The van der Waals surface area contributed by atoms with Crippen molar-refractivity contribution in [3.05, 3.63) is 48.8 Å². The summed E-state index contributed by atoms with van der Waals surface area (Å²) in [5, 5.41) is 16.8. The normalized spacial score (nSPS) is 11.4. The van der Waals surface area contributed by atoms with Gasteiger partial charge in [0.05, 0.1) is 10.6 Å². The van der Waals surface area contributed by atoms with Crippen molar-refractivity contribution in [2.75, 3.05) is 11.1 Å². The van der Waals surface area contributed by atoms with Crippen LogP contribution in [0.5, 0.6) is 0 Å². The lowest BCUT2D eigenvalue weighted by Gasteiger charge is -2.08. The van der Waals surface area contributed by atoms with Crippen molar-refractivity contribution in [3.8, 4) is 11.4 Å². The molecule has 2 aromatic heterocycles. The Morgan fingerprint density at radius 1 is 1.21 bits per heavy atom. The molecule has 0 saturated carbocycles. The lowest BCUT2D eigenvalue weighted by atomic mass is 10.3. The minimum Gasteiger partial charge on any atom is -0.325 e. The molecule has 1 amide bonds. The summed E-state index contributed by atoms with van der Waals surface area (Å²) in [7, 11) is -3.76. The molecule has 0 aliphatic heterocycles. The van der Waals surface area contributed by atoms with Gasteiger partial charge in [-0.15, -0.1) is 10.2 Å². The third-order valence-corrected chi connectivity index (χ3v) is 5.65. The van der Waals surface area contributed by atoms with Crippen LogP contribution in [-0.4, -0.2) is 39.8 Å². The molecule has 0 saturated heterocycles. The molecular weight excluding hydrogens is 400 g/mol. The number of aromatic nitrogens is 4. The zero-order valence-corrected chi connectivity index (χ0v) is 16.6. The largest absolute Gasteiger partial charge is 0.325 e. The molecule has 3 rings (SSSR count). The predicted octanol–water partition coefficient (Wildman–Crippen LogP) is 1.74. The molecule has 0 aliphatic carbocycles. The SMILES string of the molecule is CCn1c(SCC(=O)Nc2ccc(S(N)(=O)=O)cc2)nnc1-c1cccnc1. The molecule has 0 aliphatic rings. The molecule has 0 fully saturated rings. The van der Waals surface area contributed by atoms with Crippen LogP contribution in [0.3, 0.4) is 0 Å². The number of rotatable bonds is 7. The number of nitrogens with one attached hydrogen (secondary N) is 1. The molecule has 0 unspecified atom stereocenters. The van der Waals surface area contributed by atoms with Crippen LogP contribution in [0.2, 0.25) is 0 Å². The number of nitrogens with two attached hydrogens (primary N) is 1. The molecule has 0 spiro atoms. The van der Waals surface area contributed by atoms with E-state index in [2.05, 4.69) is 20.5 Å². The Labute approximate surface area is 166 Å². The first kappa shape index (κ1) is 20.0. The number of hydrogen-bond donors (Lipinski definition) is 2. The molecule has 9 nitrogen and oxygen atoms in total. The molecule has 1 aromatic carbocycles. The first-order valence-electron chi connectivity index (χ1n) is 8.27. The van der Waals surface area contributed by atoms with E-state index in [1.165, 1.54) is 36.0 Å². The van der Waals surface area contributed by atoms with E-state index in [-0.39, 0.29) is 16.6 Å². The number of carbonyl (C=O) groups excluding carboxylic acids is 1. The van der Waals surface area contributed by atoms with Crippen molar-refractivity contribution in [1.82, 2.24) is 19.7 Å². The van der Waals surface area contributed by atoms with Crippen LogP contribution < -0.4 is 10.5 Å². The van der Waals surface area contributed by atoms with E-state index in [9.17, 15) is 13.2 Å². The smallest absolute Gasteiger partial charge is 0.238 e. The van der Waals surface area contributed by atoms with E-state index in [0.29, 0.717) is 23.2 Å². The van der Waals surface area contributed by atoms with Gasteiger partial charge in [0.25, 0.3) is 0 Å². The van der Waals surface area contributed by atoms with Gasteiger partial charge >= 0.3 is 0 Å². The second-order valence-electron chi connectivity index (χ2n) is 5.70. The lowest BCUT2D eigenvalue weighted by molar-refractivity contribution is -0.113. The Balaban J connectivity index is 1.64. The average Bonchev–Trinajstić information content (AvgIpc) is 3.10. The molecule has 0 atom stereocenters. The number of primary sulfonamides is 1. The highest BCUT2D eigenvalue weighted by atomic mass is 32.2. The van der Waals surface area contributed by atoms with E-state index in [0.717, 1.165) is 5.56 Å². The summed E-state index contributed by atoms with van der Waals surface area (Å²) in [5.74, 6) is 0.571. The van der Waals surface area contributed by atoms with Gasteiger partial charge in [-0.05, 0) is 43.3 Å². The summed E-state index contributed by atoms with van der Waals surface area (Å²) < 4.78 is 24.4. The fourth-order valence-electron chi connectivity index (χ4n) is 2.44. The van der Waals surface area contributed by atoms with Crippen LogP contribution in [0.1, 0.15) is 6.92 Å². The fraction of sp³-hybridized carbons (Fsp3) is 0.176. The third-order valence-electron chi connectivity index (χ3n) is 3.75. The van der Waals surface area contributed by atoms with Gasteiger partial charge in [0.2, 0.25) is 15.9 Å². The molecule has 0 radical (unpaired) electrons. The molecular formula is C17H18N6O3S2. The van der Waals surface area contributed by atoms with E-state index >= 15 is 0 Å². The van der Waals surface area contributed by atoms with Crippen molar-refractivity contribution in [2.24, 2.45) is 5.14 Å². The minimum absolute atomic E-state index is 0.0150. The molecule has 3 N–H and O–H groups in total. The van der Waals surface area contributed by atoms with Crippen molar-refractivity contribution in [2.45, 2.75) is 23.5 Å². The average molecular weight is 419 g/mol. The number of anilines is 1. The van der Waals surface area contributed by atoms with Gasteiger partial charge in [0, 0.05) is 30.2 Å². The highest BCUT2D eigenvalue weighted by Crippen LogP contribution is 2.23. The van der Waals surface area contributed by atoms with Gasteiger partial charge in [-0.25, -0.2) is 13.6 Å². The molecule has 146 valence electrons. The number of amides is 1. The van der Waals surface area contributed by atoms with E-state index in [1.807, 2.05) is 23.6 Å². The third kappa shape index (κ3) is 4.74. The summed E-state index contributed by atoms with van der Waals surface area (Å²) in [5.41, 5.74) is 1.33. The summed E-state index contributed by atoms with van der Waals surface area (Å²) in [6.07, 6.45) is 3.40. The van der Waals surface area contributed by atoms with Crippen molar-refractivity contribution in [3.63, 3.8) is 0 Å². The van der Waals surface area contributed by atoms with Crippen LogP contribution in [0.15, 0.2) is 58.8 Å². The van der Waals surface area contributed by atoms with E-state index < -0.39 is 10.0 Å². The zero-order chi connectivity index (χ0) is 20.1. The molecule has 3 aromatic rings. The summed E-state index contributed by atoms with van der Waals surface area (Å²) in [6, 6.07) is 9.37. The highest BCUT2D eigenvalue weighted by molar-refractivity contribution is 7.99. The number of pyridine rings is 1. The maximum Gasteiger partial charge on any atom is 0.238 e. The molecule has 2 heterocycles. The maximum atomic E-state index is 12.2. The quantitative estimate of drug-likeness (QED) is 0.558. The van der Waals surface area contributed by atoms with E-state index in [4.69, 9.17) is 5.14 Å². The monoisotopic (exact) mass is 418 g/mol. The number of sulfonamides is 1. The van der Waals surface area contributed by atoms with Crippen LogP contribution >= 0.6 is 11.8 Å². The summed E-state index contributed by atoms with van der Waals surface area (Å²) in [6.45, 7) is 2.62. The van der Waals surface area contributed by atoms with Crippen LogP contribution in [0, 0.1) is 0 Å². The number of nitrogens with zero attached hydrogens (tertiary/aromatic N) is 4. The Kier molecular flexibility index (Phi) is 6.07. The van der Waals surface area contributed by atoms with Gasteiger partial charge in [-0.1, -0.05) is 11.8 Å². The second-order valence-corrected chi connectivity index (χ2v) is 8.20. The van der Waals surface area contributed by atoms with Crippen LogP contribution in [-0.2, 0) is 21.4 Å². The molecule has 28 heavy (non-hydrogen) atoms.